The summed E-state index contributed by atoms with van der Waals surface area (Å²) in [6.45, 7) is -0.0612. The van der Waals surface area contributed by atoms with E-state index in [1.807, 2.05) is 6.07 Å². The lowest BCUT2D eigenvalue weighted by Crippen LogP contribution is -2.33. The highest BCUT2D eigenvalue weighted by Gasteiger charge is 2.30. The summed E-state index contributed by atoms with van der Waals surface area (Å²) >= 11 is 0. The Labute approximate surface area is 82.1 Å². The quantitative estimate of drug-likeness (QED) is 0.739. The van der Waals surface area contributed by atoms with Gasteiger partial charge in [-0.3, -0.25) is 0 Å². The lowest BCUT2D eigenvalue weighted by Gasteiger charge is -2.31. The summed E-state index contributed by atoms with van der Waals surface area (Å²) in [5, 5.41) is 18.5. The Morgan fingerprint density at radius 1 is 1.43 bits per heavy atom. The summed E-state index contributed by atoms with van der Waals surface area (Å²) in [6.07, 6.45) is 1.67. The van der Waals surface area contributed by atoms with Gasteiger partial charge in [-0.15, -0.1) is 0 Å². The molecule has 1 aliphatic rings. The minimum absolute atomic E-state index is 0.0612. The van der Waals surface area contributed by atoms with Crippen LogP contribution in [-0.4, -0.2) is 29.0 Å². The highest BCUT2D eigenvalue weighted by Crippen LogP contribution is 2.31. The van der Waals surface area contributed by atoms with Gasteiger partial charge >= 0.3 is 0 Å². The van der Waals surface area contributed by atoms with Crippen molar-refractivity contribution in [1.29, 1.82) is 0 Å². The van der Waals surface area contributed by atoms with Crippen LogP contribution < -0.4 is 0 Å². The molecule has 0 saturated carbocycles. The second-order valence-corrected chi connectivity index (χ2v) is 3.57. The van der Waals surface area contributed by atoms with Crippen LogP contribution >= 0.6 is 0 Å². The molecule has 1 aliphatic heterocycles. The molecule has 4 heteroatoms. The van der Waals surface area contributed by atoms with E-state index >= 15 is 0 Å². The van der Waals surface area contributed by atoms with Crippen LogP contribution in [-0.2, 0) is 4.74 Å². The molecule has 78 valence electrons. The second kappa shape index (κ2) is 4.13. The van der Waals surface area contributed by atoms with Crippen molar-refractivity contribution in [2.45, 2.75) is 31.2 Å². The first-order valence-electron chi connectivity index (χ1n) is 4.77. The molecule has 14 heavy (non-hydrogen) atoms. The number of aliphatic hydroxyl groups excluding tert-OH is 2. The smallest absolute Gasteiger partial charge is 0.132 e. The van der Waals surface area contributed by atoms with Gasteiger partial charge in [-0.2, -0.15) is 0 Å². The third-order valence-corrected chi connectivity index (χ3v) is 2.44. The summed E-state index contributed by atoms with van der Waals surface area (Å²) in [4.78, 5) is 0. The minimum Gasteiger partial charge on any atom is -0.467 e. The molecule has 0 aliphatic carbocycles. The van der Waals surface area contributed by atoms with Gasteiger partial charge in [0.15, 0.2) is 0 Å². The third kappa shape index (κ3) is 1.97. The summed E-state index contributed by atoms with van der Waals surface area (Å²) in [5.41, 5.74) is 0. The molecule has 3 unspecified atom stereocenters. The van der Waals surface area contributed by atoms with Gasteiger partial charge in [0.25, 0.3) is 0 Å². The molecule has 2 heterocycles. The molecule has 1 saturated heterocycles. The molecule has 2 N–H and O–H groups in total. The van der Waals surface area contributed by atoms with E-state index in [1.165, 1.54) is 0 Å². The average molecular weight is 198 g/mol. The molecule has 3 atom stereocenters. The van der Waals surface area contributed by atoms with Crippen LogP contribution in [0.3, 0.4) is 0 Å². The van der Waals surface area contributed by atoms with Crippen molar-refractivity contribution < 1.29 is 19.4 Å². The molecular formula is C10H14O4. The van der Waals surface area contributed by atoms with Gasteiger partial charge in [-0.1, -0.05) is 0 Å². The van der Waals surface area contributed by atoms with Crippen molar-refractivity contribution in [2.24, 2.45) is 0 Å². The Kier molecular flexibility index (Phi) is 2.86. The highest BCUT2D eigenvalue weighted by molar-refractivity contribution is 5.03. The zero-order chi connectivity index (χ0) is 9.97. The van der Waals surface area contributed by atoms with Gasteiger partial charge < -0.3 is 19.4 Å². The van der Waals surface area contributed by atoms with Gasteiger partial charge in [-0.05, 0) is 12.1 Å². The largest absolute Gasteiger partial charge is 0.467 e. The molecule has 0 bridgehead atoms. The van der Waals surface area contributed by atoms with Gasteiger partial charge in [-0.25, -0.2) is 0 Å². The minimum atomic E-state index is -0.420. The van der Waals surface area contributed by atoms with Gasteiger partial charge in [0.2, 0.25) is 0 Å². The summed E-state index contributed by atoms with van der Waals surface area (Å²) in [6, 6.07) is 3.60. The molecule has 0 aromatic carbocycles. The third-order valence-electron chi connectivity index (χ3n) is 2.44. The molecule has 2 rings (SSSR count). The van der Waals surface area contributed by atoms with E-state index in [2.05, 4.69) is 0 Å². The fourth-order valence-electron chi connectivity index (χ4n) is 1.77. The lowest BCUT2D eigenvalue weighted by molar-refractivity contribution is -0.120. The molecular weight excluding hydrogens is 184 g/mol. The standard InChI is InChI=1S/C10H14O4/c11-6-8-4-7(12)5-10(14-8)9-2-1-3-13-9/h1-3,7-8,10-12H,4-6H2. The van der Waals surface area contributed by atoms with Gasteiger partial charge in [0.05, 0.1) is 25.1 Å². The normalized spacial score (nSPS) is 33.1. The highest BCUT2D eigenvalue weighted by atomic mass is 16.5. The lowest BCUT2D eigenvalue weighted by atomic mass is 10.00. The SMILES string of the molecule is OCC1CC(O)CC(c2ccco2)O1. The number of ether oxygens (including phenoxy) is 1. The predicted molar refractivity (Wildman–Crippen MR) is 48.6 cm³/mol. The zero-order valence-corrected chi connectivity index (χ0v) is 7.80. The first-order valence-corrected chi connectivity index (χ1v) is 4.77. The maximum Gasteiger partial charge on any atom is 0.132 e. The molecule has 1 aromatic heterocycles. The van der Waals surface area contributed by atoms with Gasteiger partial charge in [0.1, 0.15) is 11.9 Å². The number of hydrogen-bond donors (Lipinski definition) is 2. The number of furan rings is 1. The Balaban J connectivity index is 2.05. The van der Waals surface area contributed by atoms with Crippen molar-refractivity contribution in [3.8, 4) is 0 Å². The first kappa shape index (κ1) is 9.71. The molecule has 0 amide bonds. The summed E-state index contributed by atoms with van der Waals surface area (Å²) < 4.78 is 10.7. The van der Waals surface area contributed by atoms with E-state index in [0.717, 1.165) is 0 Å². The monoisotopic (exact) mass is 198 g/mol. The molecule has 0 radical (unpaired) electrons. The van der Waals surface area contributed by atoms with E-state index in [9.17, 15) is 5.11 Å². The second-order valence-electron chi connectivity index (χ2n) is 3.57. The van der Waals surface area contributed by atoms with E-state index in [4.69, 9.17) is 14.3 Å². The van der Waals surface area contributed by atoms with Crippen LogP contribution in [0.25, 0.3) is 0 Å². The molecule has 0 spiro atoms. The van der Waals surface area contributed by atoms with Crippen molar-refractivity contribution in [1.82, 2.24) is 0 Å². The fourth-order valence-corrected chi connectivity index (χ4v) is 1.77. The van der Waals surface area contributed by atoms with Crippen LogP contribution in [0.5, 0.6) is 0 Å². The summed E-state index contributed by atoms with van der Waals surface area (Å²) in [7, 11) is 0. The van der Waals surface area contributed by atoms with Crippen molar-refractivity contribution in [2.75, 3.05) is 6.61 Å². The maximum absolute atomic E-state index is 9.55. The number of rotatable bonds is 2. The van der Waals surface area contributed by atoms with Crippen molar-refractivity contribution in [3.63, 3.8) is 0 Å². The molecule has 1 fully saturated rings. The van der Waals surface area contributed by atoms with Gasteiger partial charge in [0, 0.05) is 12.8 Å². The van der Waals surface area contributed by atoms with Crippen LogP contribution in [0.2, 0.25) is 0 Å². The molecule has 4 nitrogen and oxygen atoms in total. The average Bonchev–Trinajstić information content (AvgIpc) is 2.69. The maximum atomic E-state index is 9.55. The Morgan fingerprint density at radius 2 is 2.29 bits per heavy atom. The van der Waals surface area contributed by atoms with E-state index in [0.29, 0.717) is 18.6 Å². The van der Waals surface area contributed by atoms with Crippen molar-refractivity contribution >= 4 is 0 Å². The Morgan fingerprint density at radius 3 is 2.93 bits per heavy atom. The molecule has 1 aromatic rings. The predicted octanol–water partition coefficient (Wildman–Crippen LogP) is 0.853. The first-order chi connectivity index (χ1) is 6.79. The van der Waals surface area contributed by atoms with Crippen LogP contribution in [0.1, 0.15) is 24.7 Å². The number of hydrogen-bond acceptors (Lipinski definition) is 4. The van der Waals surface area contributed by atoms with Crippen LogP contribution in [0.4, 0.5) is 0 Å². The zero-order valence-electron chi connectivity index (χ0n) is 7.80. The van der Waals surface area contributed by atoms with E-state index < -0.39 is 6.10 Å². The summed E-state index contributed by atoms with van der Waals surface area (Å²) in [5.74, 6) is 0.710. The van der Waals surface area contributed by atoms with Crippen LogP contribution in [0.15, 0.2) is 22.8 Å². The Bertz CT molecular complexity index is 270. The Hall–Kier alpha value is -0.840. The fraction of sp³-hybridized carbons (Fsp3) is 0.600. The van der Waals surface area contributed by atoms with Crippen molar-refractivity contribution in [3.05, 3.63) is 24.2 Å². The van der Waals surface area contributed by atoms with E-state index in [1.54, 1.807) is 12.3 Å². The number of aliphatic hydroxyl groups is 2. The van der Waals surface area contributed by atoms with Crippen LogP contribution in [0, 0.1) is 0 Å². The topological polar surface area (TPSA) is 62.8 Å². The van der Waals surface area contributed by atoms with E-state index in [-0.39, 0.29) is 18.8 Å².